The number of pyridine rings is 1. The molecule has 0 saturated carbocycles. The Kier molecular flexibility index (Phi) is 7.75. The minimum absolute atomic E-state index is 0.465. The van der Waals surface area contributed by atoms with E-state index in [1.54, 1.807) is 0 Å². The molecule has 0 saturated heterocycles. The average molecular weight is 802 g/mol. The maximum Gasteiger partial charge on any atom is 0.160 e. The van der Waals surface area contributed by atoms with Crippen LogP contribution in [0.3, 0.4) is 0 Å². The summed E-state index contributed by atoms with van der Waals surface area (Å²) in [6, 6.07) is 73.0. The summed E-state index contributed by atoms with van der Waals surface area (Å²) in [5, 5.41) is 3.06. The first-order valence-electron chi connectivity index (χ1n) is 21.3. The Bertz CT molecular complexity index is 3560. The lowest BCUT2D eigenvalue weighted by molar-refractivity contribution is 0.794. The zero-order chi connectivity index (χ0) is 41.5. The fourth-order valence-corrected chi connectivity index (χ4v) is 10.2. The first-order chi connectivity index (χ1) is 31.2. The van der Waals surface area contributed by atoms with Gasteiger partial charge in [0, 0.05) is 39.2 Å². The third-order valence-electron chi connectivity index (χ3n) is 13.0. The van der Waals surface area contributed by atoms with Gasteiger partial charge in [0.15, 0.2) is 11.6 Å². The lowest BCUT2D eigenvalue weighted by Gasteiger charge is -2.30. The summed E-state index contributed by atoms with van der Waals surface area (Å²) in [6.45, 7) is 0. The number of rotatable bonds is 5. The molecule has 0 fully saturated rings. The standard InChI is InChI=1S/C58H35N5/c1-3-15-37(16-4-1)54-45-31-28-36-26-27-40(33-46(36)55(45)63-56(62-54)38-17-5-2-6-18-38)57-60-52(35-53(61-57)51-25-13-14-32-59-51)39-29-30-44-43-21-9-12-24-49(43)58(50(44)34-39)47-22-10-7-19-41(47)42-20-8-11-23-48(42)58/h1-35H. The smallest absolute Gasteiger partial charge is 0.160 e. The minimum Gasteiger partial charge on any atom is -0.255 e. The van der Waals surface area contributed by atoms with Gasteiger partial charge in [-0.2, -0.15) is 0 Å². The monoisotopic (exact) mass is 801 g/mol. The van der Waals surface area contributed by atoms with Crippen LogP contribution in [0.1, 0.15) is 22.3 Å². The quantitative estimate of drug-likeness (QED) is 0.162. The molecule has 5 heteroatoms. The highest BCUT2D eigenvalue weighted by Gasteiger charge is 2.51. The van der Waals surface area contributed by atoms with Gasteiger partial charge in [-0.25, -0.2) is 19.9 Å². The van der Waals surface area contributed by atoms with Crippen molar-refractivity contribution in [3.8, 4) is 78.9 Å². The van der Waals surface area contributed by atoms with Crippen molar-refractivity contribution in [1.29, 1.82) is 0 Å². The summed E-state index contributed by atoms with van der Waals surface area (Å²) in [6.07, 6.45) is 1.82. The third kappa shape index (κ3) is 5.33. The van der Waals surface area contributed by atoms with E-state index in [0.717, 1.165) is 66.7 Å². The van der Waals surface area contributed by atoms with Crippen LogP contribution in [0.25, 0.3) is 101 Å². The summed E-state index contributed by atoms with van der Waals surface area (Å²) in [7, 11) is 0. The highest BCUT2D eigenvalue weighted by atomic mass is 14.9. The summed E-state index contributed by atoms with van der Waals surface area (Å²) < 4.78 is 0. The second-order valence-corrected chi connectivity index (χ2v) is 16.3. The van der Waals surface area contributed by atoms with Gasteiger partial charge in [0.2, 0.25) is 0 Å². The number of hydrogen-bond donors (Lipinski definition) is 0. The Labute approximate surface area is 364 Å². The summed E-state index contributed by atoms with van der Waals surface area (Å²) in [5.41, 5.74) is 17.8. The van der Waals surface area contributed by atoms with E-state index in [1.807, 2.05) is 48.7 Å². The van der Waals surface area contributed by atoms with Crippen molar-refractivity contribution in [1.82, 2.24) is 24.9 Å². The van der Waals surface area contributed by atoms with Crippen LogP contribution in [-0.4, -0.2) is 24.9 Å². The highest BCUT2D eigenvalue weighted by molar-refractivity contribution is 6.10. The van der Waals surface area contributed by atoms with Gasteiger partial charge in [-0.1, -0.05) is 170 Å². The first-order valence-corrected chi connectivity index (χ1v) is 21.3. The van der Waals surface area contributed by atoms with Crippen LogP contribution in [0.4, 0.5) is 0 Å². The third-order valence-corrected chi connectivity index (χ3v) is 13.0. The predicted octanol–water partition coefficient (Wildman–Crippen LogP) is 13.6. The molecule has 2 aliphatic carbocycles. The fourth-order valence-electron chi connectivity index (χ4n) is 10.2. The van der Waals surface area contributed by atoms with Crippen LogP contribution < -0.4 is 0 Å². The molecule has 5 nitrogen and oxygen atoms in total. The molecule has 8 aromatic carbocycles. The Morgan fingerprint density at radius 1 is 0.317 bits per heavy atom. The van der Waals surface area contributed by atoms with Crippen LogP contribution in [0.2, 0.25) is 0 Å². The van der Waals surface area contributed by atoms with E-state index in [1.165, 1.54) is 44.5 Å². The Hall–Kier alpha value is -8.41. The van der Waals surface area contributed by atoms with E-state index in [-0.39, 0.29) is 0 Å². The number of fused-ring (bicyclic) bond motifs is 13. The van der Waals surface area contributed by atoms with Gasteiger partial charge < -0.3 is 0 Å². The van der Waals surface area contributed by atoms with Gasteiger partial charge in [-0.3, -0.25) is 4.98 Å². The molecule has 0 amide bonds. The fraction of sp³-hybridized carbons (Fsp3) is 0.0172. The normalized spacial score (nSPS) is 12.9. The van der Waals surface area contributed by atoms with E-state index >= 15 is 0 Å². The molecule has 3 aromatic heterocycles. The number of aromatic nitrogens is 5. The second kappa shape index (κ2) is 13.8. The summed E-state index contributed by atoms with van der Waals surface area (Å²) >= 11 is 0. The maximum atomic E-state index is 5.42. The predicted molar refractivity (Wildman–Crippen MR) is 254 cm³/mol. The van der Waals surface area contributed by atoms with Crippen LogP contribution in [0, 0.1) is 0 Å². The van der Waals surface area contributed by atoms with Gasteiger partial charge in [0.1, 0.15) is 0 Å². The van der Waals surface area contributed by atoms with E-state index < -0.39 is 5.41 Å². The van der Waals surface area contributed by atoms with Crippen molar-refractivity contribution in [3.05, 3.63) is 235 Å². The van der Waals surface area contributed by atoms with Gasteiger partial charge >= 0.3 is 0 Å². The van der Waals surface area contributed by atoms with Crippen LogP contribution in [0.15, 0.2) is 212 Å². The molecule has 13 rings (SSSR count). The maximum absolute atomic E-state index is 5.42. The highest BCUT2D eigenvalue weighted by Crippen LogP contribution is 2.63. The van der Waals surface area contributed by atoms with Crippen molar-refractivity contribution in [2.45, 2.75) is 5.41 Å². The number of nitrogens with zero attached hydrogens (tertiary/aromatic N) is 5. The van der Waals surface area contributed by atoms with E-state index in [0.29, 0.717) is 11.6 Å². The molecule has 11 aromatic rings. The van der Waals surface area contributed by atoms with Gasteiger partial charge in [0.05, 0.1) is 33.7 Å². The molecule has 0 radical (unpaired) electrons. The number of benzene rings is 8. The van der Waals surface area contributed by atoms with Crippen molar-refractivity contribution in [2.75, 3.05) is 0 Å². The molecule has 0 N–H and O–H groups in total. The summed E-state index contributed by atoms with van der Waals surface area (Å²) in [5.74, 6) is 1.29. The molecule has 0 atom stereocenters. The summed E-state index contributed by atoms with van der Waals surface area (Å²) in [4.78, 5) is 25.9. The van der Waals surface area contributed by atoms with Crippen LogP contribution in [0.5, 0.6) is 0 Å². The average Bonchev–Trinajstić information content (AvgIpc) is 3.83. The van der Waals surface area contributed by atoms with Crippen molar-refractivity contribution >= 4 is 21.7 Å². The SMILES string of the molecule is c1ccc(-c2nc(-c3ccccc3)c3ccc4ccc(-c5nc(-c6ccc7c(c6)C6(c8ccccc8-c8ccccc86)c6ccccc6-7)cc(-c6ccccn6)n5)cc4c3n2)cc1. The van der Waals surface area contributed by atoms with Crippen molar-refractivity contribution in [2.24, 2.45) is 0 Å². The number of hydrogen-bond acceptors (Lipinski definition) is 5. The van der Waals surface area contributed by atoms with E-state index in [9.17, 15) is 0 Å². The molecular weight excluding hydrogens is 767 g/mol. The Morgan fingerprint density at radius 3 is 1.57 bits per heavy atom. The lowest BCUT2D eigenvalue weighted by atomic mass is 9.70. The molecule has 0 aliphatic heterocycles. The zero-order valence-electron chi connectivity index (χ0n) is 33.9. The molecule has 0 unspecified atom stereocenters. The van der Waals surface area contributed by atoms with Crippen molar-refractivity contribution in [3.63, 3.8) is 0 Å². The zero-order valence-corrected chi connectivity index (χ0v) is 33.9. The Morgan fingerprint density at radius 2 is 0.889 bits per heavy atom. The van der Waals surface area contributed by atoms with E-state index in [4.69, 9.17) is 24.9 Å². The topological polar surface area (TPSA) is 64.5 Å². The first kappa shape index (κ1) is 35.4. The minimum atomic E-state index is -0.465. The van der Waals surface area contributed by atoms with E-state index in [2.05, 4.69) is 164 Å². The second-order valence-electron chi connectivity index (χ2n) is 16.3. The molecule has 2 aliphatic rings. The van der Waals surface area contributed by atoms with Crippen LogP contribution in [-0.2, 0) is 5.41 Å². The molecular formula is C58H35N5. The van der Waals surface area contributed by atoms with Crippen molar-refractivity contribution < 1.29 is 0 Å². The van der Waals surface area contributed by atoms with Gasteiger partial charge in [-0.05, 0) is 86.3 Å². The molecule has 3 heterocycles. The molecule has 0 bridgehead atoms. The van der Waals surface area contributed by atoms with Gasteiger partial charge in [0.25, 0.3) is 0 Å². The van der Waals surface area contributed by atoms with Crippen LogP contribution >= 0.6 is 0 Å². The lowest BCUT2D eigenvalue weighted by Crippen LogP contribution is -2.25. The molecule has 63 heavy (non-hydrogen) atoms. The van der Waals surface area contributed by atoms with Gasteiger partial charge in [-0.15, -0.1) is 0 Å². The Balaban J connectivity index is 1.03. The largest absolute Gasteiger partial charge is 0.255 e. The molecule has 1 spiro atoms. The molecule has 292 valence electrons.